The smallest absolute Gasteiger partial charge is 0.194 e. The van der Waals surface area contributed by atoms with Gasteiger partial charge in [-0.1, -0.05) is 30.3 Å². The van der Waals surface area contributed by atoms with Crippen LogP contribution in [0.2, 0.25) is 0 Å². The lowest BCUT2D eigenvalue weighted by Crippen LogP contribution is -2.15. The quantitative estimate of drug-likeness (QED) is 0.833. The summed E-state index contributed by atoms with van der Waals surface area (Å²) in [6.45, 7) is 0. The van der Waals surface area contributed by atoms with Gasteiger partial charge in [0.05, 0.1) is 6.10 Å². The average Bonchev–Trinajstić information content (AvgIpc) is 2.88. The van der Waals surface area contributed by atoms with Gasteiger partial charge in [-0.05, 0) is 36.0 Å². The highest BCUT2D eigenvalue weighted by Crippen LogP contribution is 2.36. The lowest BCUT2D eigenvalue weighted by Gasteiger charge is -2.19. The summed E-state index contributed by atoms with van der Waals surface area (Å²) in [5.41, 5.74) is 2.04. The van der Waals surface area contributed by atoms with Crippen molar-refractivity contribution in [3.05, 3.63) is 70.5 Å². The molecular weight excluding hydrogens is 265 g/mol. The second-order valence-electron chi connectivity index (χ2n) is 5.15. The SMILES string of the molecule is OC(c1ccc(F)c(F)c1F)C1Cc2ccccc2C1. The first-order valence-electron chi connectivity index (χ1n) is 6.46. The number of benzene rings is 2. The van der Waals surface area contributed by atoms with E-state index in [4.69, 9.17) is 0 Å². The number of hydrogen-bond acceptors (Lipinski definition) is 1. The Morgan fingerprint density at radius 3 is 2.10 bits per heavy atom. The summed E-state index contributed by atoms with van der Waals surface area (Å²) in [4.78, 5) is 0. The summed E-state index contributed by atoms with van der Waals surface area (Å²) in [5.74, 6) is -4.29. The fourth-order valence-corrected chi connectivity index (χ4v) is 2.84. The molecule has 0 heterocycles. The monoisotopic (exact) mass is 278 g/mol. The molecule has 3 rings (SSSR count). The van der Waals surface area contributed by atoms with E-state index in [0.29, 0.717) is 12.8 Å². The maximum absolute atomic E-state index is 13.7. The van der Waals surface area contributed by atoms with Crippen LogP contribution in [-0.2, 0) is 12.8 Å². The number of rotatable bonds is 2. The van der Waals surface area contributed by atoms with Crippen LogP contribution in [0.5, 0.6) is 0 Å². The van der Waals surface area contributed by atoms with Crippen LogP contribution in [0.15, 0.2) is 36.4 Å². The number of halogens is 3. The Bertz CT molecular complexity index is 629. The predicted octanol–water partition coefficient (Wildman–Crippen LogP) is 3.55. The predicted molar refractivity (Wildman–Crippen MR) is 68.6 cm³/mol. The van der Waals surface area contributed by atoms with Gasteiger partial charge in [0.25, 0.3) is 0 Å². The van der Waals surface area contributed by atoms with Crippen molar-refractivity contribution in [3.8, 4) is 0 Å². The third kappa shape index (κ3) is 2.10. The highest BCUT2D eigenvalue weighted by Gasteiger charge is 2.31. The molecule has 0 bridgehead atoms. The van der Waals surface area contributed by atoms with E-state index in [1.807, 2.05) is 24.3 Å². The molecule has 0 aromatic heterocycles. The van der Waals surface area contributed by atoms with E-state index in [2.05, 4.69) is 0 Å². The molecule has 1 aliphatic rings. The average molecular weight is 278 g/mol. The molecule has 0 spiro atoms. The van der Waals surface area contributed by atoms with Gasteiger partial charge in [0.15, 0.2) is 17.5 Å². The molecule has 2 aromatic carbocycles. The molecule has 0 aliphatic heterocycles. The molecule has 1 aliphatic carbocycles. The summed E-state index contributed by atoms with van der Waals surface area (Å²) >= 11 is 0. The van der Waals surface area contributed by atoms with Gasteiger partial charge in [0, 0.05) is 5.56 Å². The Morgan fingerprint density at radius 2 is 1.50 bits per heavy atom. The lowest BCUT2D eigenvalue weighted by atomic mass is 9.93. The molecule has 0 fully saturated rings. The molecule has 0 saturated carbocycles. The van der Waals surface area contributed by atoms with Gasteiger partial charge in [0.2, 0.25) is 0 Å². The van der Waals surface area contributed by atoms with Crippen LogP contribution in [0, 0.1) is 23.4 Å². The fraction of sp³-hybridized carbons (Fsp3) is 0.250. The van der Waals surface area contributed by atoms with Gasteiger partial charge in [-0.2, -0.15) is 0 Å². The number of fused-ring (bicyclic) bond motifs is 1. The number of aliphatic hydroxyl groups is 1. The van der Waals surface area contributed by atoms with Gasteiger partial charge in [-0.25, -0.2) is 13.2 Å². The van der Waals surface area contributed by atoms with Crippen LogP contribution in [0.3, 0.4) is 0 Å². The van der Waals surface area contributed by atoms with Gasteiger partial charge >= 0.3 is 0 Å². The summed E-state index contributed by atoms with van der Waals surface area (Å²) in [7, 11) is 0. The standard InChI is InChI=1S/C16H13F3O/c17-13-6-5-12(14(18)15(13)19)16(20)11-7-9-3-1-2-4-10(9)8-11/h1-6,11,16,20H,7-8H2. The van der Waals surface area contributed by atoms with Crippen molar-refractivity contribution in [2.45, 2.75) is 18.9 Å². The Morgan fingerprint density at radius 1 is 0.900 bits per heavy atom. The van der Waals surface area contributed by atoms with Crippen molar-refractivity contribution < 1.29 is 18.3 Å². The maximum Gasteiger partial charge on any atom is 0.194 e. The minimum Gasteiger partial charge on any atom is -0.388 e. The third-order valence-electron chi connectivity index (χ3n) is 3.91. The highest BCUT2D eigenvalue weighted by molar-refractivity contribution is 5.34. The van der Waals surface area contributed by atoms with Gasteiger partial charge in [0.1, 0.15) is 0 Å². The normalized spacial score (nSPS) is 16.2. The molecule has 0 amide bonds. The van der Waals surface area contributed by atoms with Crippen molar-refractivity contribution in [3.63, 3.8) is 0 Å². The van der Waals surface area contributed by atoms with Crippen molar-refractivity contribution in [2.24, 2.45) is 5.92 Å². The second-order valence-corrected chi connectivity index (χ2v) is 5.15. The van der Waals surface area contributed by atoms with Crippen LogP contribution in [0.1, 0.15) is 22.8 Å². The molecule has 0 saturated heterocycles. The first kappa shape index (κ1) is 13.2. The van der Waals surface area contributed by atoms with Crippen LogP contribution in [0.4, 0.5) is 13.2 Å². The van der Waals surface area contributed by atoms with E-state index in [1.165, 1.54) is 0 Å². The van der Waals surface area contributed by atoms with E-state index >= 15 is 0 Å². The molecular formula is C16H13F3O. The van der Waals surface area contributed by atoms with E-state index in [-0.39, 0.29) is 11.5 Å². The Hall–Kier alpha value is -1.81. The molecule has 20 heavy (non-hydrogen) atoms. The van der Waals surface area contributed by atoms with E-state index in [9.17, 15) is 18.3 Å². The summed E-state index contributed by atoms with van der Waals surface area (Å²) in [6.07, 6.45) is 0.0726. The van der Waals surface area contributed by atoms with Gasteiger partial charge in [-0.3, -0.25) is 0 Å². The minimum absolute atomic E-state index is 0.179. The highest BCUT2D eigenvalue weighted by atomic mass is 19.2. The molecule has 4 heteroatoms. The summed E-state index contributed by atoms with van der Waals surface area (Å²) < 4.78 is 39.9. The molecule has 2 aromatic rings. The van der Waals surface area contributed by atoms with Crippen molar-refractivity contribution >= 4 is 0 Å². The summed E-state index contributed by atoms with van der Waals surface area (Å²) in [5, 5.41) is 10.3. The molecule has 1 N–H and O–H groups in total. The lowest BCUT2D eigenvalue weighted by molar-refractivity contribution is 0.108. The first-order chi connectivity index (χ1) is 9.58. The van der Waals surface area contributed by atoms with Crippen molar-refractivity contribution in [2.75, 3.05) is 0 Å². The third-order valence-corrected chi connectivity index (χ3v) is 3.91. The second kappa shape index (κ2) is 4.94. The van der Waals surface area contributed by atoms with Crippen LogP contribution in [0.25, 0.3) is 0 Å². The molecule has 1 atom stereocenters. The molecule has 104 valence electrons. The Labute approximate surface area is 114 Å². The van der Waals surface area contributed by atoms with E-state index in [1.54, 1.807) is 0 Å². The van der Waals surface area contributed by atoms with Gasteiger partial charge < -0.3 is 5.11 Å². The van der Waals surface area contributed by atoms with Crippen LogP contribution in [-0.4, -0.2) is 5.11 Å². The number of aliphatic hydroxyl groups excluding tert-OH is 1. The summed E-state index contributed by atoms with van der Waals surface area (Å²) in [6, 6.07) is 9.70. The Kier molecular flexibility index (Phi) is 3.26. The van der Waals surface area contributed by atoms with Crippen LogP contribution < -0.4 is 0 Å². The largest absolute Gasteiger partial charge is 0.388 e. The number of hydrogen-bond donors (Lipinski definition) is 1. The zero-order valence-corrected chi connectivity index (χ0v) is 10.6. The zero-order valence-electron chi connectivity index (χ0n) is 10.6. The van der Waals surface area contributed by atoms with E-state index < -0.39 is 23.6 Å². The maximum atomic E-state index is 13.7. The van der Waals surface area contributed by atoms with Crippen molar-refractivity contribution in [1.29, 1.82) is 0 Å². The molecule has 1 nitrogen and oxygen atoms in total. The molecule has 1 unspecified atom stereocenters. The van der Waals surface area contributed by atoms with E-state index in [0.717, 1.165) is 23.3 Å². The Balaban J connectivity index is 1.88. The van der Waals surface area contributed by atoms with Crippen LogP contribution >= 0.6 is 0 Å². The fourth-order valence-electron chi connectivity index (χ4n) is 2.84. The topological polar surface area (TPSA) is 20.2 Å². The zero-order chi connectivity index (χ0) is 14.3. The van der Waals surface area contributed by atoms with Gasteiger partial charge in [-0.15, -0.1) is 0 Å². The minimum atomic E-state index is -1.53. The van der Waals surface area contributed by atoms with Crippen molar-refractivity contribution in [1.82, 2.24) is 0 Å². The first-order valence-corrected chi connectivity index (χ1v) is 6.46. The molecule has 0 radical (unpaired) electrons.